The van der Waals surface area contributed by atoms with E-state index in [2.05, 4.69) is 49.4 Å². The van der Waals surface area contributed by atoms with Crippen LogP contribution in [0.15, 0.2) is 84.9 Å². The fourth-order valence-corrected chi connectivity index (χ4v) is 3.29. The number of fused-ring (bicyclic) bond motifs is 1. The van der Waals surface area contributed by atoms with E-state index in [-0.39, 0.29) is 0 Å². The predicted molar refractivity (Wildman–Crippen MR) is 107 cm³/mol. The molecule has 4 rings (SSSR count). The van der Waals surface area contributed by atoms with Crippen molar-refractivity contribution in [2.45, 2.75) is 6.92 Å². The summed E-state index contributed by atoms with van der Waals surface area (Å²) in [7, 11) is 1.69. The first kappa shape index (κ1) is 16.2. The molecule has 0 aliphatic carbocycles. The minimum absolute atomic E-state index is 0.826. The summed E-state index contributed by atoms with van der Waals surface area (Å²) < 4.78 is 11.8. The molecule has 2 nitrogen and oxygen atoms in total. The van der Waals surface area contributed by atoms with E-state index in [0.29, 0.717) is 0 Å². The van der Waals surface area contributed by atoms with Crippen LogP contribution >= 0.6 is 0 Å². The van der Waals surface area contributed by atoms with Gasteiger partial charge in [0.1, 0.15) is 17.2 Å². The summed E-state index contributed by atoms with van der Waals surface area (Å²) in [5.41, 5.74) is 3.43. The number of benzene rings is 4. The van der Waals surface area contributed by atoms with E-state index < -0.39 is 0 Å². The first-order valence-corrected chi connectivity index (χ1v) is 8.66. The van der Waals surface area contributed by atoms with Crippen LogP contribution in [0.2, 0.25) is 0 Å². The fraction of sp³-hybridized carbons (Fsp3) is 0.0833. The van der Waals surface area contributed by atoms with Crippen LogP contribution in [0.25, 0.3) is 21.9 Å². The van der Waals surface area contributed by atoms with Crippen LogP contribution in [-0.4, -0.2) is 7.11 Å². The van der Waals surface area contributed by atoms with Crippen LogP contribution in [0.3, 0.4) is 0 Å². The van der Waals surface area contributed by atoms with Gasteiger partial charge in [-0.05, 0) is 53.8 Å². The Bertz CT molecular complexity index is 1040. The molecular formula is C24H20O2. The van der Waals surface area contributed by atoms with E-state index in [1.807, 2.05) is 42.5 Å². The second-order valence-corrected chi connectivity index (χ2v) is 6.27. The molecule has 0 aliphatic rings. The quantitative estimate of drug-likeness (QED) is 0.416. The molecule has 0 fully saturated rings. The molecule has 0 bridgehead atoms. The van der Waals surface area contributed by atoms with Gasteiger partial charge in [0.05, 0.1) is 7.11 Å². The SMILES string of the molecule is COc1ccc2c(Oc3ccccc3)c(-c3ccccc3)c(C)cc2c1. The highest BCUT2D eigenvalue weighted by Crippen LogP contribution is 2.42. The maximum Gasteiger partial charge on any atom is 0.143 e. The fourth-order valence-electron chi connectivity index (χ4n) is 3.29. The Kier molecular flexibility index (Phi) is 4.32. The minimum Gasteiger partial charge on any atom is -0.497 e. The summed E-state index contributed by atoms with van der Waals surface area (Å²) in [6.07, 6.45) is 0. The predicted octanol–water partition coefficient (Wildman–Crippen LogP) is 6.62. The molecule has 0 atom stereocenters. The van der Waals surface area contributed by atoms with Gasteiger partial charge in [-0.2, -0.15) is 0 Å². The average molecular weight is 340 g/mol. The molecule has 0 heterocycles. The third kappa shape index (κ3) is 3.02. The van der Waals surface area contributed by atoms with Crippen molar-refractivity contribution in [2.75, 3.05) is 7.11 Å². The van der Waals surface area contributed by atoms with Crippen LogP contribution in [0, 0.1) is 6.92 Å². The smallest absolute Gasteiger partial charge is 0.143 e. The van der Waals surface area contributed by atoms with Crippen molar-refractivity contribution in [1.29, 1.82) is 0 Å². The second-order valence-electron chi connectivity index (χ2n) is 6.27. The van der Waals surface area contributed by atoms with E-state index >= 15 is 0 Å². The van der Waals surface area contributed by atoms with Gasteiger partial charge in [-0.15, -0.1) is 0 Å². The van der Waals surface area contributed by atoms with Gasteiger partial charge in [-0.3, -0.25) is 0 Å². The molecule has 0 unspecified atom stereocenters. The molecular weight excluding hydrogens is 320 g/mol. The third-order valence-corrected chi connectivity index (χ3v) is 4.52. The molecule has 0 aromatic heterocycles. The van der Waals surface area contributed by atoms with E-state index in [1.54, 1.807) is 7.11 Å². The van der Waals surface area contributed by atoms with Gasteiger partial charge in [0, 0.05) is 10.9 Å². The standard InChI is InChI=1S/C24H20O2/c1-17-15-19-16-21(25-2)13-14-22(19)24(26-20-11-7-4-8-12-20)23(17)18-9-5-3-6-10-18/h3-16H,1-2H3. The molecule has 0 spiro atoms. The van der Waals surface area contributed by atoms with Gasteiger partial charge in [0.15, 0.2) is 0 Å². The summed E-state index contributed by atoms with van der Waals surface area (Å²) in [4.78, 5) is 0. The number of para-hydroxylation sites is 1. The van der Waals surface area contributed by atoms with Crippen molar-refractivity contribution in [3.8, 4) is 28.4 Å². The zero-order valence-corrected chi connectivity index (χ0v) is 14.9. The third-order valence-electron chi connectivity index (χ3n) is 4.52. The first-order chi connectivity index (χ1) is 12.8. The van der Waals surface area contributed by atoms with Crippen molar-refractivity contribution in [3.05, 3.63) is 90.5 Å². The molecule has 0 radical (unpaired) electrons. The van der Waals surface area contributed by atoms with Crippen molar-refractivity contribution in [2.24, 2.45) is 0 Å². The molecule has 0 aliphatic heterocycles. The molecule has 0 saturated heterocycles. The molecule has 128 valence electrons. The maximum atomic E-state index is 6.39. The van der Waals surface area contributed by atoms with Gasteiger partial charge >= 0.3 is 0 Å². The molecule has 4 aromatic carbocycles. The Morgan fingerprint density at radius 1 is 0.692 bits per heavy atom. The maximum absolute atomic E-state index is 6.39. The van der Waals surface area contributed by atoms with Crippen LogP contribution in [0.5, 0.6) is 17.2 Å². The topological polar surface area (TPSA) is 18.5 Å². The summed E-state index contributed by atoms with van der Waals surface area (Å²) in [5.74, 6) is 2.54. The highest BCUT2D eigenvalue weighted by molar-refractivity contribution is 5.97. The summed E-state index contributed by atoms with van der Waals surface area (Å²) in [6.45, 7) is 2.12. The highest BCUT2D eigenvalue weighted by Gasteiger charge is 2.16. The largest absolute Gasteiger partial charge is 0.497 e. The first-order valence-electron chi connectivity index (χ1n) is 8.66. The summed E-state index contributed by atoms with van der Waals surface area (Å²) in [6, 6.07) is 28.6. The van der Waals surface area contributed by atoms with Crippen molar-refractivity contribution >= 4 is 10.8 Å². The van der Waals surface area contributed by atoms with Crippen molar-refractivity contribution < 1.29 is 9.47 Å². The lowest BCUT2D eigenvalue weighted by Gasteiger charge is -2.18. The van der Waals surface area contributed by atoms with Gasteiger partial charge in [0.2, 0.25) is 0 Å². The van der Waals surface area contributed by atoms with Gasteiger partial charge < -0.3 is 9.47 Å². The van der Waals surface area contributed by atoms with Crippen molar-refractivity contribution in [1.82, 2.24) is 0 Å². The lowest BCUT2D eigenvalue weighted by molar-refractivity contribution is 0.415. The van der Waals surface area contributed by atoms with Crippen LogP contribution < -0.4 is 9.47 Å². The number of hydrogen-bond acceptors (Lipinski definition) is 2. The monoisotopic (exact) mass is 340 g/mol. The molecule has 2 heteroatoms. The number of ether oxygens (including phenoxy) is 2. The Morgan fingerprint density at radius 2 is 1.38 bits per heavy atom. The van der Waals surface area contributed by atoms with Gasteiger partial charge in [-0.1, -0.05) is 54.6 Å². The molecule has 4 aromatic rings. The second kappa shape index (κ2) is 6.93. The highest BCUT2D eigenvalue weighted by atomic mass is 16.5. The lowest BCUT2D eigenvalue weighted by atomic mass is 9.94. The van der Waals surface area contributed by atoms with Gasteiger partial charge in [-0.25, -0.2) is 0 Å². The van der Waals surface area contributed by atoms with Gasteiger partial charge in [0.25, 0.3) is 0 Å². The van der Waals surface area contributed by atoms with Crippen molar-refractivity contribution in [3.63, 3.8) is 0 Å². The number of rotatable bonds is 4. The Balaban J connectivity index is 1.99. The zero-order valence-electron chi connectivity index (χ0n) is 14.9. The number of methoxy groups -OCH3 is 1. The summed E-state index contributed by atoms with van der Waals surface area (Å²) >= 11 is 0. The summed E-state index contributed by atoms with van der Waals surface area (Å²) in [5, 5.41) is 2.17. The van der Waals surface area contributed by atoms with E-state index in [9.17, 15) is 0 Å². The Morgan fingerprint density at radius 3 is 2.08 bits per heavy atom. The molecule has 26 heavy (non-hydrogen) atoms. The molecule has 0 N–H and O–H groups in total. The van der Waals surface area contributed by atoms with Crippen LogP contribution in [0.4, 0.5) is 0 Å². The number of aryl methyl sites for hydroxylation is 1. The zero-order chi connectivity index (χ0) is 17.9. The molecule has 0 saturated carbocycles. The minimum atomic E-state index is 0.826. The van der Waals surface area contributed by atoms with E-state index in [1.165, 1.54) is 5.56 Å². The van der Waals surface area contributed by atoms with Crippen LogP contribution in [-0.2, 0) is 0 Å². The van der Waals surface area contributed by atoms with Crippen LogP contribution in [0.1, 0.15) is 5.56 Å². The normalized spacial score (nSPS) is 10.7. The van der Waals surface area contributed by atoms with E-state index in [4.69, 9.17) is 9.47 Å². The average Bonchev–Trinajstić information content (AvgIpc) is 2.69. The lowest BCUT2D eigenvalue weighted by Crippen LogP contribution is -1.94. The molecule has 0 amide bonds. The van der Waals surface area contributed by atoms with E-state index in [0.717, 1.165) is 39.1 Å². The Hall–Kier alpha value is -3.26. The Labute approximate surface area is 153 Å². The number of hydrogen-bond donors (Lipinski definition) is 0.